The van der Waals surface area contributed by atoms with E-state index in [-0.39, 0.29) is 17.7 Å². The zero-order valence-corrected chi connectivity index (χ0v) is 15.7. The van der Waals surface area contributed by atoms with Gasteiger partial charge in [0.2, 0.25) is 10.0 Å². The number of carbonyl (C=O) groups excluding carboxylic acids is 1. The third-order valence-corrected chi connectivity index (χ3v) is 5.29. The summed E-state index contributed by atoms with van der Waals surface area (Å²) >= 11 is 5.97. The van der Waals surface area contributed by atoms with E-state index in [0.29, 0.717) is 22.7 Å². The Labute approximate surface area is 153 Å². The maximum atomic E-state index is 12.4. The standard InChI is InChI=1S/C18H21ClN2O3S/c1-3-10-25(23,24)21-17-9-5-7-15(12-17)18(22)20-13(2)14-6-4-8-16(19)11-14/h4-9,11-13,21H,3,10H2,1-2H3,(H,20,22). The zero-order chi connectivity index (χ0) is 18.4. The molecule has 0 spiro atoms. The summed E-state index contributed by atoms with van der Waals surface area (Å²) in [4.78, 5) is 12.4. The number of hydrogen-bond acceptors (Lipinski definition) is 3. The molecule has 7 heteroatoms. The van der Waals surface area contributed by atoms with Crippen LogP contribution in [0.15, 0.2) is 48.5 Å². The molecule has 0 fully saturated rings. The Morgan fingerprint density at radius 2 is 1.88 bits per heavy atom. The number of hydrogen-bond donors (Lipinski definition) is 2. The van der Waals surface area contributed by atoms with E-state index in [4.69, 9.17) is 11.6 Å². The fourth-order valence-electron chi connectivity index (χ4n) is 2.36. The molecule has 0 aromatic heterocycles. The van der Waals surface area contributed by atoms with Crippen molar-refractivity contribution in [3.63, 3.8) is 0 Å². The molecule has 2 rings (SSSR count). The lowest BCUT2D eigenvalue weighted by Crippen LogP contribution is -2.26. The minimum Gasteiger partial charge on any atom is -0.346 e. The minimum absolute atomic E-state index is 0.0369. The van der Waals surface area contributed by atoms with Crippen LogP contribution in [0.3, 0.4) is 0 Å². The smallest absolute Gasteiger partial charge is 0.251 e. The fourth-order valence-corrected chi connectivity index (χ4v) is 3.69. The summed E-state index contributed by atoms with van der Waals surface area (Å²) in [7, 11) is -3.39. The Kier molecular flexibility index (Phi) is 6.45. The molecule has 134 valence electrons. The van der Waals surface area contributed by atoms with Gasteiger partial charge in [-0.1, -0.05) is 36.7 Å². The van der Waals surface area contributed by atoms with Gasteiger partial charge < -0.3 is 5.32 Å². The lowest BCUT2D eigenvalue weighted by Gasteiger charge is -2.15. The Hall–Kier alpha value is -2.05. The second-order valence-electron chi connectivity index (χ2n) is 5.75. The molecule has 0 bridgehead atoms. The second kappa shape index (κ2) is 8.36. The monoisotopic (exact) mass is 380 g/mol. The van der Waals surface area contributed by atoms with Gasteiger partial charge in [-0.3, -0.25) is 9.52 Å². The van der Waals surface area contributed by atoms with E-state index >= 15 is 0 Å². The topological polar surface area (TPSA) is 75.3 Å². The van der Waals surface area contributed by atoms with Crippen molar-refractivity contribution < 1.29 is 13.2 Å². The lowest BCUT2D eigenvalue weighted by molar-refractivity contribution is 0.0940. The number of sulfonamides is 1. The second-order valence-corrected chi connectivity index (χ2v) is 8.03. The van der Waals surface area contributed by atoms with Gasteiger partial charge in [0.1, 0.15) is 0 Å². The summed E-state index contributed by atoms with van der Waals surface area (Å²) in [5.41, 5.74) is 1.64. The predicted molar refractivity (Wildman–Crippen MR) is 101 cm³/mol. The first kappa shape index (κ1) is 19.3. The Bertz CT molecular complexity index is 853. The molecule has 0 heterocycles. The molecule has 1 amide bonds. The summed E-state index contributed by atoms with van der Waals surface area (Å²) < 4.78 is 26.2. The molecule has 0 aliphatic heterocycles. The first-order valence-corrected chi connectivity index (χ1v) is 10.0. The van der Waals surface area contributed by atoms with Crippen molar-refractivity contribution in [2.75, 3.05) is 10.5 Å². The lowest BCUT2D eigenvalue weighted by atomic mass is 10.1. The van der Waals surface area contributed by atoms with Crippen LogP contribution < -0.4 is 10.0 Å². The van der Waals surface area contributed by atoms with Crippen LogP contribution in [0.1, 0.15) is 42.2 Å². The highest BCUT2D eigenvalue weighted by Gasteiger charge is 2.14. The maximum Gasteiger partial charge on any atom is 0.251 e. The number of benzene rings is 2. The first-order chi connectivity index (χ1) is 11.8. The van der Waals surface area contributed by atoms with Gasteiger partial charge in [-0.05, 0) is 49.2 Å². The van der Waals surface area contributed by atoms with Crippen LogP contribution in [0.5, 0.6) is 0 Å². The van der Waals surface area contributed by atoms with Crippen LogP contribution in [0, 0.1) is 0 Å². The minimum atomic E-state index is -3.39. The molecule has 5 nitrogen and oxygen atoms in total. The number of anilines is 1. The van der Waals surface area contributed by atoms with Crippen molar-refractivity contribution in [2.45, 2.75) is 26.3 Å². The first-order valence-electron chi connectivity index (χ1n) is 7.97. The van der Waals surface area contributed by atoms with Crippen LogP contribution in [-0.4, -0.2) is 20.1 Å². The van der Waals surface area contributed by atoms with Gasteiger partial charge >= 0.3 is 0 Å². The average Bonchev–Trinajstić information content (AvgIpc) is 2.54. The van der Waals surface area contributed by atoms with Gasteiger partial charge in [0, 0.05) is 16.3 Å². The molecule has 2 aromatic rings. The van der Waals surface area contributed by atoms with Crippen molar-refractivity contribution >= 4 is 33.2 Å². The molecule has 0 aliphatic carbocycles. The number of carbonyl (C=O) groups is 1. The summed E-state index contributed by atoms with van der Waals surface area (Å²) in [6, 6.07) is 13.5. The van der Waals surface area contributed by atoms with Gasteiger partial charge in [0.15, 0.2) is 0 Å². The molecule has 0 radical (unpaired) electrons. The molecular weight excluding hydrogens is 360 g/mol. The molecule has 1 unspecified atom stereocenters. The van der Waals surface area contributed by atoms with Crippen molar-refractivity contribution in [1.82, 2.24) is 5.32 Å². The zero-order valence-electron chi connectivity index (χ0n) is 14.1. The number of nitrogens with one attached hydrogen (secondary N) is 2. The molecule has 25 heavy (non-hydrogen) atoms. The van der Waals surface area contributed by atoms with Crippen LogP contribution >= 0.6 is 11.6 Å². The normalized spacial score (nSPS) is 12.4. The van der Waals surface area contributed by atoms with Gasteiger partial charge in [0.25, 0.3) is 5.91 Å². The molecule has 0 saturated heterocycles. The quantitative estimate of drug-likeness (QED) is 0.762. The number of halogens is 1. The predicted octanol–water partition coefficient (Wildman–Crippen LogP) is 3.98. The van der Waals surface area contributed by atoms with Gasteiger partial charge in [-0.2, -0.15) is 0 Å². The van der Waals surface area contributed by atoms with E-state index < -0.39 is 10.0 Å². The van der Waals surface area contributed by atoms with Gasteiger partial charge in [-0.15, -0.1) is 0 Å². The van der Waals surface area contributed by atoms with Crippen molar-refractivity contribution in [1.29, 1.82) is 0 Å². The molecule has 0 aliphatic rings. The van der Waals surface area contributed by atoms with Crippen LogP contribution in [0.2, 0.25) is 5.02 Å². The van der Waals surface area contributed by atoms with E-state index in [2.05, 4.69) is 10.0 Å². The fraction of sp³-hybridized carbons (Fsp3) is 0.278. The Morgan fingerprint density at radius 3 is 2.56 bits per heavy atom. The molecule has 1 atom stereocenters. The van der Waals surface area contributed by atoms with Crippen LogP contribution in [0.25, 0.3) is 0 Å². The maximum absolute atomic E-state index is 12.4. The van der Waals surface area contributed by atoms with Gasteiger partial charge in [-0.25, -0.2) is 8.42 Å². The summed E-state index contributed by atoms with van der Waals surface area (Å²) in [5, 5.41) is 3.48. The highest BCUT2D eigenvalue weighted by molar-refractivity contribution is 7.92. The number of rotatable bonds is 7. The largest absolute Gasteiger partial charge is 0.346 e. The average molecular weight is 381 g/mol. The van der Waals surface area contributed by atoms with E-state index in [1.807, 2.05) is 19.1 Å². The van der Waals surface area contributed by atoms with Gasteiger partial charge in [0.05, 0.1) is 11.8 Å². The summed E-state index contributed by atoms with van der Waals surface area (Å²) in [6.45, 7) is 3.65. The van der Waals surface area contributed by atoms with Crippen molar-refractivity contribution in [3.05, 3.63) is 64.7 Å². The van der Waals surface area contributed by atoms with E-state index in [0.717, 1.165) is 5.56 Å². The van der Waals surface area contributed by atoms with E-state index in [9.17, 15) is 13.2 Å². The van der Waals surface area contributed by atoms with E-state index in [1.165, 1.54) is 6.07 Å². The molecule has 0 saturated carbocycles. The third kappa shape index (κ3) is 5.76. The summed E-state index contributed by atoms with van der Waals surface area (Å²) in [6.07, 6.45) is 0.520. The Morgan fingerprint density at radius 1 is 1.16 bits per heavy atom. The van der Waals surface area contributed by atoms with E-state index in [1.54, 1.807) is 37.3 Å². The molecular formula is C18H21ClN2O3S. The molecule has 2 aromatic carbocycles. The number of amides is 1. The highest BCUT2D eigenvalue weighted by Crippen LogP contribution is 2.19. The Balaban J connectivity index is 2.10. The SMILES string of the molecule is CCCS(=O)(=O)Nc1cccc(C(=O)NC(C)c2cccc(Cl)c2)c1. The van der Waals surface area contributed by atoms with Crippen LogP contribution in [0.4, 0.5) is 5.69 Å². The third-order valence-electron chi connectivity index (χ3n) is 3.57. The highest BCUT2D eigenvalue weighted by atomic mass is 35.5. The van der Waals surface area contributed by atoms with Crippen molar-refractivity contribution in [2.24, 2.45) is 0 Å². The van der Waals surface area contributed by atoms with Crippen molar-refractivity contribution in [3.8, 4) is 0 Å². The summed E-state index contributed by atoms with van der Waals surface area (Å²) in [5.74, 6) is -0.251. The molecule has 2 N–H and O–H groups in total. The van der Waals surface area contributed by atoms with Crippen LogP contribution in [-0.2, 0) is 10.0 Å².